The first kappa shape index (κ1) is 17.5. The van der Waals surface area contributed by atoms with E-state index in [-0.39, 0.29) is 4.90 Å². The molecule has 2 aromatic rings. The van der Waals surface area contributed by atoms with Crippen molar-refractivity contribution in [3.05, 3.63) is 59.1 Å². The minimum absolute atomic E-state index is 0.110. The summed E-state index contributed by atoms with van der Waals surface area (Å²) in [5.74, 6) is -0.463. The molecule has 1 amide bonds. The highest BCUT2D eigenvalue weighted by Gasteiger charge is 2.22. The number of benzene rings is 2. The van der Waals surface area contributed by atoms with Gasteiger partial charge in [0.25, 0.3) is 0 Å². The first-order chi connectivity index (χ1) is 10.8. The topological polar surface area (TPSA) is 75.3 Å². The predicted octanol–water partition coefficient (Wildman–Crippen LogP) is 2.95. The van der Waals surface area contributed by atoms with Crippen LogP contribution in [0.5, 0.6) is 0 Å². The van der Waals surface area contributed by atoms with Crippen molar-refractivity contribution < 1.29 is 13.2 Å². The van der Waals surface area contributed by atoms with Gasteiger partial charge in [0.1, 0.15) is 0 Å². The van der Waals surface area contributed by atoms with Gasteiger partial charge >= 0.3 is 0 Å². The maximum atomic E-state index is 12.2. The number of aryl methyl sites for hydroxylation is 1. The summed E-state index contributed by atoms with van der Waals surface area (Å²) in [6, 6.07) is 12.1. The molecule has 0 aromatic heterocycles. The van der Waals surface area contributed by atoms with Crippen LogP contribution in [0.15, 0.2) is 53.4 Å². The zero-order valence-corrected chi connectivity index (χ0v) is 14.3. The Hall–Kier alpha value is -1.89. The Balaban J connectivity index is 2.10. The van der Waals surface area contributed by atoms with Gasteiger partial charge in [-0.3, -0.25) is 4.79 Å². The van der Waals surface area contributed by atoms with Gasteiger partial charge in [0.2, 0.25) is 15.9 Å². The third-order valence-electron chi connectivity index (χ3n) is 3.24. The molecule has 0 saturated carbocycles. The van der Waals surface area contributed by atoms with Crippen LogP contribution in [-0.4, -0.2) is 20.4 Å². The Morgan fingerprint density at radius 3 is 2.43 bits per heavy atom. The maximum absolute atomic E-state index is 12.2. The molecule has 0 aliphatic heterocycles. The number of carbonyl (C=O) groups is 1. The highest BCUT2D eigenvalue weighted by molar-refractivity contribution is 7.89. The van der Waals surface area contributed by atoms with Crippen LogP contribution in [0.2, 0.25) is 5.02 Å². The minimum Gasteiger partial charge on any atom is -0.324 e. The number of nitrogens with one attached hydrogen (secondary N) is 2. The van der Waals surface area contributed by atoms with Crippen LogP contribution in [0.1, 0.15) is 12.5 Å². The van der Waals surface area contributed by atoms with Gasteiger partial charge in [-0.05, 0) is 43.7 Å². The summed E-state index contributed by atoms with van der Waals surface area (Å²) in [5, 5.41) is 3.16. The molecule has 2 N–H and O–H groups in total. The zero-order valence-electron chi connectivity index (χ0n) is 12.7. The number of sulfonamides is 1. The Labute approximate surface area is 140 Å². The standard InChI is InChI=1S/C16H17ClN2O3S/c1-11-8-9-13(17)10-15(11)18-16(20)12(2)19-23(21,22)14-6-4-3-5-7-14/h3-10,12,19H,1-2H3,(H,18,20)/t12-/m1/s1. The SMILES string of the molecule is Cc1ccc(Cl)cc1NC(=O)[C@@H](C)NS(=O)(=O)c1ccccc1. The smallest absolute Gasteiger partial charge is 0.242 e. The van der Waals surface area contributed by atoms with Gasteiger partial charge in [0.15, 0.2) is 0 Å². The molecule has 0 fully saturated rings. The molecule has 5 nitrogen and oxygen atoms in total. The predicted molar refractivity (Wildman–Crippen MR) is 91.0 cm³/mol. The van der Waals surface area contributed by atoms with E-state index in [9.17, 15) is 13.2 Å². The number of anilines is 1. The Bertz CT molecular complexity index is 807. The van der Waals surface area contributed by atoms with Gasteiger partial charge in [0, 0.05) is 10.7 Å². The van der Waals surface area contributed by atoms with E-state index in [1.165, 1.54) is 19.1 Å². The fourth-order valence-corrected chi connectivity index (χ4v) is 3.32. The number of halogens is 1. The molecule has 7 heteroatoms. The lowest BCUT2D eigenvalue weighted by Gasteiger charge is -2.15. The Morgan fingerprint density at radius 2 is 1.78 bits per heavy atom. The molecule has 2 aromatic carbocycles. The van der Waals surface area contributed by atoms with Crippen LogP contribution in [0.25, 0.3) is 0 Å². The molecule has 0 bridgehead atoms. The second-order valence-corrected chi connectivity index (χ2v) is 7.25. The van der Waals surface area contributed by atoms with Crippen LogP contribution in [-0.2, 0) is 14.8 Å². The molecule has 2 rings (SSSR count). The van der Waals surface area contributed by atoms with E-state index in [1.807, 2.05) is 6.92 Å². The summed E-state index contributed by atoms with van der Waals surface area (Å²) >= 11 is 5.90. The molecule has 0 spiro atoms. The van der Waals surface area contributed by atoms with E-state index < -0.39 is 22.0 Å². The lowest BCUT2D eigenvalue weighted by molar-refractivity contribution is -0.117. The molecule has 122 valence electrons. The number of carbonyl (C=O) groups excluding carboxylic acids is 1. The normalized spacial score (nSPS) is 12.7. The van der Waals surface area contributed by atoms with Crippen LogP contribution in [0, 0.1) is 6.92 Å². The molecule has 0 aliphatic rings. The summed E-state index contributed by atoms with van der Waals surface area (Å²) in [7, 11) is -3.75. The van der Waals surface area contributed by atoms with Crippen molar-refractivity contribution in [3.8, 4) is 0 Å². The second kappa shape index (κ2) is 7.12. The molecular formula is C16H17ClN2O3S. The Kier molecular flexibility index (Phi) is 5.41. The molecular weight excluding hydrogens is 336 g/mol. The van der Waals surface area contributed by atoms with Crippen molar-refractivity contribution in [2.24, 2.45) is 0 Å². The molecule has 0 heterocycles. The molecule has 1 atom stereocenters. The van der Waals surface area contributed by atoms with E-state index in [0.29, 0.717) is 10.7 Å². The third kappa shape index (κ3) is 4.54. The molecule has 0 radical (unpaired) electrons. The summed E-state index contributed by atoms with van der Waals surface area (Å²) < 4.78 is 26.8. The van der Waals surface area contributed by atoms with E-state index in [4.69, 9.17) is 11.6 Å². The van der Waals surface area contributed by atoms with E-state index in [1.54, 1.807) is 36.4 Å². The molecule has 0 saturated heterocycles. The van der Waals surface area contributed by atoms with E-state index in [2.05, 4.69) is 10.0 Å². The summed E-state index contributed by atoms with van der Waals surface area (Å²) in [6.07, 6.45) is 0. The van der Waals surface area contributed by atoms with Crippen LogP contribution in [0.4, 0.5) is 5.69 Å². The highest BCUT2D eigenvalue weighted by Crippen LogP contribution is 2.20. The van der Waals surface area contributed by atoms with Gasteiger partial charge < -0.3 is 5.32 Å². The van der Waals surface area contributed by atoms with Crippen molar-refractivity contribution in [3.63, 3.8) is 0 Å². The van der Waals surface area contributed by atoms with Crippen LogP contribution < -0.4 is 10.0 Å². The number of amides is 1. The van der Waals surface area contributed by atoms with Gasteiger partial charge in [-0.1, -0.05) is 35.9 Å². The lowest BCUT2D eigenvalue weighted by Crippen LogP contribution is -2.41. The van der Waals surface area contributed by atoms with Crippen molar-refractivity contribution >= 4 is 33.2 Å². The van der Waals surface area contributed by atoms with Crippen molar-refractivity contribution in [2.45, 2.75) is 24.8 Å². The fourth-order valence-electron chi connectivity index (χ4n) is 1.92. The van der Waals surface area contributed by atoms with E-state index in [0.717, 1.165) is 5.56 Å². The third-order valence-corrected chi connectivity index (χ3v) is 5.03. The molecule has 0 aliphatic carbocycles. The van der Waals surface area contributed by atoms with Gasteiger partial charge in [-0.25, -0.2) is 8.42 Å². The summed E-state index contributed by atoms with van der Waals surface area (Å²) in [4.78, 5) is 12.3. The lowest BCUT2D eigenvalue weighted by atomic mass is 10.2. The average Bonchev–Trinajstić information content (AvgIpc) is 2.51. The average molecular weight is 353 g/mol. The largest absolute Gasteiger partial charge is 0.324 e. The Morgan fingerprint density at radius 1 is 1.13 bits per heavy atom. The van der Waals surface area contributed by atoms with Crippen LogP contribution in [0.3, 0.4) is 0 Å². The van der Waals surface area contributed by atoms with Crippen molar-refractivity contribution in [1.29, 1.82) is 0 Å². The fraction of sp³-hybridized carbons (Fsp3) is 0.188. The molecule has 0 unspecified atom stereocenters. The minimum atomic E-state index is -3.75. The van der Waals surface area contributed by atoms with Crippen molar-refractivity contribution in [2.75, 3.05) is 5.32 Å². The first-order valence-electron chi connectivity index (χ1n) is 6.94. The van der Waals surface area contributed by atoms with Gasteiger partial charge in [-0.15, -0.1) is 0 Å². The number of rotatable bonds is 5. The zero-order chi connectivity index (χ0) is 17.0. The van der Waals surface area contributed by atoms with E-state index >= 15 is 0 Å². The monoisotopic (exact) mass is 352 g/mol. The maximum Gasteiger partial charge on any atom is 0.242 e. The number of hydrogen-bond donors (Lipinski definition) is 2. The quantitative estimate of drug-likeness (QED) is 0.868. The van der Waals surface area contributed by atoms with Crippen molar-refractivity contribution in [1.82, 2.24) is 4.72 Å². The summed E-state index contributed by atoms with van der Waals surface area (Å²) in [6.45, 7) is 3.31. The van der Waals surface area contributed by atoms with Crippen LogP contribution >= 0.6 is 11.6 Å². The van der Waals surface area contributed by atoms with Gasteiger partial charge in [0.05, 0.1) is 10.9 Å². The summed E-state index contributed by atoms with van der Waals surface area (Å²) in [5.41, 5.74) is 1.38. The number of hydrogen-bond acceptors (Lipinski definition) is 3. The second-order valence-electron chi connectivity index (χ2n) is 5.10. The first-order valence-corrected chi connectivity index (χ1v) is 8.80. The molecule has 23 heavy (non-hydrogen) atoms. The highest BCUT2D eigenvalue weighted by atomic mass is 35.5. The van der Waals surface area contributed by atoms with Gasteiger partial charge in [-0.2, -0.15) is 4.72 Å².